The topological polar surface area (TPSA) is 29.5 Å². The lowest BCUT2D eigenvalue weighted by atomic mass is 9.87. The summed E-state index contributed by atoms with van der Waals surface area (Å²) in [4.78, 5) is 0. The summed E-state index contributed by atoms with van der Waals surface area (Å²) in [7, 11) is 6.05. The van der Waals surface area contributed by atoms with Crippen LogP contribution < -0.4 is 4.74 Å². The van der Waals surface area contributed by atoms with Gasteiger partial charge in [0, 0.05) is 6.42 Å². The molecule has 1 N–H and O–H groups in total. The van der Waals surface area contributed by atoms with Crippen LogP contribution in [0.3, 0.4) is 0 Å². The molecule has 4 heteroatoms. The van der Waals surface area contributed by atoms with Gasteiger partial charge < -0.3 is 14.3 Å². The van der Waals surface area contributed by atoms with Crippen molar-refractivity contribution in [2.45, 2.75) is 12.3 Å². The molecule has 0 aliphatic carbocycles. The molecule has 0 fully saturated rings. The maximum atomic E-state index is 10.3. The number of benzene rings is 2. The fourth-order valence-electron chi connectivity index (χ4n) is 3.46. The number of quaternary nitrogens is 1. The molecule has 3 rings (SSSR count). The third-order valence-corrected chi connectivity index (χ3v) is 5.19. The van der Waals surface area contributed by atoms with Gasteiger partial charge in [-0.1, -0.05) is 41.9 Å². The van der Waals surface area contributed by atoms with Gasteiger partial charge in [-0.3, -0.25) is 0 Å². The Bertz CT molecular complexity index is 713. The number of methoxy groups -OCH3 is 1. The smallest absolute Gasteiger partial charge is 0.177 e. The van der Waals surface area contributed by atoms with Gasteiger partial charge in [0.2, 0.25) is 0 Å². The second-order valence-corrected chi connectivity index (χ2v) is 7.24. The second-order valence-electron chi connectivity index (χ2n) is 6.86. The first-order valence-electron chi connectivity index (χ1n) is 7.88. The number of phenolic OH excluding ortho intramolecular Hbond substituents is 1. The molecule has 0 bridgehead atoms. The third kappa shape index (κ3) is 3.04. The number of fused-ring (bicyclic) bond motifs is 1. The number of phenols is 1. The molecule has 23 heavy (non-hydrogen) atoms. The van der Waals surface area contributed by atoms with E-state index in [4.69, 9.17) is 16.3 Å². The minimum Gasteiger partial charge on any atom is -0.503 e. The highest BCUT2D eigenvalue weighted by molar-refractivity contribution is 6.33. The number of rotatable bonds is 2. The molecule has 2 aromatic rings. The lowest BCUT2D eigenvalue weighted by Crippen LogP contribution is -2.43. The summed E-state index contributed by atoms with van der Waals surface area (Å²) in [5, 5.41) is 10.7. The van der Waals surface area contributed by atoms with Crippen LogP contribution in [0.25, 0.3) is 0 Å². The Balaban J connectivity index is 2.21. The van der Waals surface area contributed by atoms with Crippen molar-refractivity contribution in [3.63, 3.8) is 0 Å². The molecule has 0 saturated carbocycles. The highest BCUT2D eigenvalue weighted by Crippen LogP contribution is 2.44. The predicted molar refractivity (Wildman–Crippen MR) is 93.5 cm³/mol. The average Bonchev–Trinajstić information content (AvgIpc) is 2.68. The van der Waals surface area contributed by atoms with Crippen molar-refractivity contribution in [3.8, 4) is 11.5 Å². The van der Waals surface area contributed by atoms with Crippen LogP contribution in [-0.2, 0) is 6.42 Å². The molecule has 1 aliphatic heterocycles. The zero-order chi connectivity index (χ0) is 16.6. The van der Waals surface area contributed by atoms with E-state index >= 15 is 0 Å². The van der Waals surface area contributed by atoms with Crippen LogP contribution in [-0.4, -0.2) is 43.9 Å². The molecule has 0 spiro atoms. The summed E-state index contributed by atoms with van der Waals surface area (Å²) >= 11 is 6.48. The van der Waals surface area contributed by atoms with Gasteiger partial charge in [0.1, 0.15) is 0 Å². The maximum Gasteiger partial charge on any atom is 0.177 e. The van der Waals surface area contributed by atoms with E-state index in [2.05, 4.69) is 38.4 Å². The number of hydrogen-bond donors (Lipinski definition) is 1. The van der Waals surface area contributed by atoms with Crippen molar-refractivity contribution in [3.05, 3.63) is 58.1 Å². The van der Waals surface area contributed by atoms with E-state index < -0.39 is 0 Å². The van der Waals surface area contributed by atoms with E-state index in [-0.39, 0.29) is 11.7 Å². The molecule has 1 heterocycles. The van der Waals surface area contributed by atoms with Gasteiger partial charge >= 0.3 is 0 Å². The van der Waals surface area contributed by atoms with Crippen molar-refractivity contribution >= 4 is 11.6 Å². The van der Waals surface area contributed by atoms with E-state index in [1.54, 1.807) is 7.11 Å². The van der Waals surface area contributed by atoms with Crippen molar-refractivity contribution in [1.29, 1.82) is 0 Å². The number of halogens is 1. The summed E-state index contributed by atoms with van der Waals surface area (Å²) in [5.41, 5.74) is 3.48. The van der Waals surface area contributed by atoms with E-state index in [1.165, 1.54) is 11.1 Å². The number of ether oxygens (including phenoxy) is 1. The van der Waals surface area contributed by atoms with Crippen LogP contribution in [0.15, 0.2) is 36.4 Å². The van der Waals surface area contributed by atoms with Crippen LogP contribution in [0.5, 0.6) is 11.5 Å². The fraction of sp³-hybridized carbons (Fsp3) is 0.368. The SMILES string of the molecule is C[N+]1([13CH3])CCc2c(cc(O[13CH3])c(O)c2Cl)[C@@H](c2ccccc2)C1. The number of likely N-dealkylation sites (N-methyl/N-ethyl adjacent to an activating group) is 1. The van der Waals surface area contributed by atoms with Gasteiger partial charge in [-0.05, 0) is 22.8 Å². The van der Waals surface area contributed by atoms with Crippen LogP contribution in [0, 0.1) is 0 Å². The molecule has 122 valence electrons. The predicted octanol–water partition coefficient (Wildman–Crippen LogP) is 3.82. The summed E-state index contributed by atoms with van der Waals surface area (Å²) < 4.78 is 6.24. The van der Waals surface area contributed by atoms with Crippen molar-refractivity contribution in [2.75, 3.05) is 34.3 Å². The van der Waals surface area contributed by atoms with Crippen molar-refractivity contribution < 1.29 is 14.3 Å². The lowest BCUT2D eigenvalue weighted by Gasteiger charge is -2.31. The molecular formula is C19H23ClNO2+. The second kappa shape index (κ2) is 6.06. The molecule has 0 amide bonds. The fourth-order valence-corrected chi connectivity index (χ4v) is 3.76. The molecule has 3 nitrogen and oxygen atoms in total. The third-order valence-electron chi connectivity index (χ3n) is 4.78. The van der Waals surface area contributed by atoms with Crippen LogP contribution in [0.2, 0.25) is 5.02 Å². The van der Waals surface area contributed by atoms with Gasteiger partial charge in [-0.15, -0.1) is 0 Å². The van der Waals surface area contributed by atoms with Crippen molar-refractivity contribution in [2.24, 2.45) is 0 Å². The summed E-state index contributed by atoms with van der Waals surface area (Å²) in [6.07, 6.45) is 0.849. The number of aromatic hydroxyl groups is 1. The van der Waals surface area contributed by atoms with E-state index in [0.29, 0.717) is 10.8 Å². The van der Waals surface area contributed by atoms with E-state index in [0.717, 1.165) is 29.6 Å². The molecule has 0 aromatic heterocycles. The Morgan fingerprint density at radius 3 is 2.57 bits per heavy atom. The normalized spacial score (nSPS) is 23.9. The first-order chi connectivity index (χ1) is 10.9. The Hall–Kier alpha value is -1.71. The average molecular weight is 335 g/mol. The highest BCUT2D eigenvalue weighted by atomic mass is 35.5. The van der Waals surface area contributed by atoms with Crippen LogP contribution in [0.1, 0.15) is 22.6 Å². The van der Waals surface area contributed by atoms with Crippen molar-refractivity contribution in [1.82, 2.24) is 0 Å². The molecule has 1 aliphatic rings. The van der Waals surface area contributed by atoms with Crippen LogP contribution in [0.4, 0.5) is 0 Å². The summed E-state index contributed by atoms with van der Waals surface area (Å²) in [6.45, 7) is 1.98. The largest absolute Gasteiger partial charge is 0.503 e. The quantitative estimate of drug-likeness (QED) is 0.668. The Morgan fingerprint density at radius 2 is 1.91 bits per heavy atom. The van der Waals surface area contributed by atoms with Gasteiger partial charge in [-0.2, -0.15) is 0 Å². The molecule has 2 aromatic carbocycles. The summed E-state index contributed by atoms with van der Waals surface area (Å²) in [6, 6.07) is 12.4. The Labute approximate surface area is 142 Å². The summed E-state index contributed by atoms with van der Waals surface area (Å²) in [5.74, 6) is 0.726. The number of hydrogen-bond acceptors (Lipinski definition) is 2. The van der Waals surface area contributed by atoms with E-state index in [1.807, 2.05) is 12.1 Å². The van der Waals surface area contributed by atoms with Gasteiger partial charge in [0.15, 0.2) is 11.5 Å². The van der Waals surface area contributed by atoms with Gasteiger partial charge in [0.25, 0.3) is 0 Å². The first kappa shape index (κ1) is 16.2. The zero-order valence-electron chi connectivity index (χ0n) is 13.8. The molecule has 1 unspecified atom stereocenters. The monoisotopic (exact) mass is 334 g/mol. The van der Waals surface area contributed by atoms with Crippen LogP contribution >= 0.6 is 11.6 Å². The Kier molecular flexibility index (Phi) is 4.26. The highest BCUT2D eigenvalue weighted by Gasteiger charge is 2.33. The first-order valence-corrected chi connectivity index (χ1v) is 8.26. The van der Waals surface area contributed by atoms with Gasteiger partial charge in [0.05, 0.1) is 45.2 Å². The molecule has 0 radical (unpaired) electrons. The molecular weight excluding hydrogens is 312 g/mol. The van der Waals surface area contributed by atoms with E-state index in [9.17, 15) is 5.11 Å². The standard InChI is InChI=1S/C19H22ClNO2/c1-21(2)10-9-14-15(11-17(23-3)19(22)18(14)20)16(12-21)13-7-5-4-6-8-13/h4-8,11,16H,9-10,12H2,1-3H3/p+1/t16-/m1/s1/i1+1,3+1/t16-,21?. The molecule has 0 saturated heterocycles. The zero-order valence-corrected chi connectivity index (χ0v) is 14.6. The lowest BCUT2D eigenvalue weighted by molar-refractivity contribution is -0.890. The minimum absolute atomic E-state index is 0.0481. The molecule has 2 atom stereocenters. The number of nitrogens with zero attached hydrogens (tertiary/aromatic N) is 1. The maximum absolute atomic E-state index is 10.3. The Morgan fingerprint density at radius 1 is 1.22 bits per heavy atom. The van der Waals surface area contributed by atoms with Gasteiger partial charge in [-0.25, -0.2) is 0 Å². The minimum atomic E-state index is 0.0481.